The SMILES string of the molecule is C[C@H](OC(=O)c1ccc2c(c1)OCCO2)C(N)=O. The number of fused-ring (bicyclic) bond motifs is 1. The van der Waals surface area contributed by atoms with Crippen molar-refractivity contribution in [1.29, 1.82) is 0 Å². The van der Waals surface area contributed by atoms with Crippen LogP contribution in [-0.4, -0.2) is 31.2 Å². The maximum atomic E-state index is 11.7. The van der Waals surface area contributed by atoms with E-state index in [0.717, 1.165) is 0 Å². The summed E-state index contributed by atoms with van der Waals surface area (Å²) in [5, 5.41) is 0. The molecule has 18 heavy (non-hydrogen) atoms. The van der Waals surface area contributed by atoms with Crippen LogP contribution in [0.4, 0.5) is 0 Å². The lowest BCUT2D eigenvalue weighted by atomic mass is 10.2. The van der Waals surface area contributed by atoms with Crippen molar-refractivity contribution in [3.05, 3.63) is 23.8 Å². The molecule has 1 amide bonds. The van der Waals surface area contributed by atoms with Crippen LogP contribution in [0, 0.1) is 0 Å². The van der Waals surface area contributed by atoms with E-state index in [2.05, 4.69) is 0 Å². The molecule has 0 aromatic heterocycles. The number of nitrogens with two attached hydrogens (primary N) is 1. The molecule has 0 spiro atoms. The monoisotopic (exact) mass is 251 g/mol. The smallest absolute Gasteiger partial charge is 0.339 e. The Morgan fingerprint density at radius 3 is 2.61 bits per heavy atom. The number of rotatable bonds is 3. The van der Waals surface area contributed by atoms with E-state index < -0.39 is 18.0 Å². The number of hydrogen-bond acceptors (Lipinski definition) is 5. The molecule has 0 saturated carbocycles. The van der Waals surface area contributed by atoms with Crippen molar-refractivity contribution in [2.75, 3.05) is 13.2 Å². The fourth-order valence-corrected chi connectivity index (χ4v) is 1.46. The third kappa shape index (κ3) is 2.53. The Morgan fingerprint density at radius 2 is 1.94 bits per heavy atom. The quantitative estimate of drug-likeness (QED) is 0.790. The first-order valence-corrected chi connectivity index (χ1v) is 5.48. The van der Waals surface area contributed by atoms with E-state index in [0.29, 0.717) is 24.7 Å². The van der Waals surface area contributed by atoms with E-state index in [-0.39, 0.29) is 5.56 Å². The number of benzene rings is 1. The van der Waals surface area contributed by atoms with Gasteiger partial charge in [0, 0.05) is 0 Å². The molecule has 1 aromatic carbocycles. The maximum Gasteiger partial charge on any atom is 0.339 e. The van der Waals surface area contributed by atoms with Crippen LogP contribution in [0.25, 0.3) is 0 Å². The number of primary amides is 1. The fraction of sp³-hybridized carbons (Fsp3) is 0.333. The van der Waals surface area contributed by atoms with E-state index in [9.17, 15) is 9.59 Å². The van der Waals surface area contributed by atoms with Crippen LogP contribution >= 0.6 is 0 Å². The summed E-state index contributed by atoms with van der Waals surface area (Å²) in [6.45, 7) is 2.33. The molecule has 2 rings (SSSR count). The molecule has 0 bridgehead atoms. The lowest BCUT2D eigenvalue weighted by molar-refractivity contribution is -0.125. The summed E-state index contributed by atoms with van der Waals surface area (Å²) in [7, 11) is 0. The molecule has 1 heterocycles. The first-order valence-electron chi connectivity index (χ1n) is 5.48. The van der Waals surface area contributed by atoms with Gasteiger partial charge in [0.25, 0.3) is 5.91 Å². The second-order valence-electron chi connectivity index (χ2n) is 3.81. The van der Waals surface area contributed by atoms with Crippen LogP contribution in [0.3, 0.4) is 0 Å². The maximum absolute atomic E-state index is 11.7. The zero-order chi connectivity index (χ0) is 13.1. The van der Waals surface area contributed by atoms with Crippen LogP contribution < -0.4 is 15.2 Å². The van der Waals surface area contributed by atoms with Crippen molar-refractivity contribution in [3.63, 3.8) is 0 Å². The van der Waals surface area contributed by atoms with E-state index in [1.807, 2.05) is 0 Å². The normalized spacial score (nSPS) is 14.7. The number of esters is 1. The summed E-state index contributed by atoms with van der Waals surface area (Å²) < 4.78 is 15.5. The van der Waals surface area contributed by atoms with Gasteiger partial charge in [-0.05, 0) is 25.1 Å². The van der Waals surface area contributed by atoms with E-state index in [1.54, 1.807) is 12.1 Å². The third-order valence-electron chi connectivity index (χ3n) is 2.46. The second kappa shape index (κ2) is 4.95. The molecule has 0 aliphatic carbocycles. The van der Waals surface area contributed by atoms with Crippen molar-refractivity contribution in [2.24, 2.45) is 5.73 Å². The average molecular weight is 251 g/mol. The standard InChI is InChI=1S/C12H13NO5/c1-7(11(13)14)18-12(15)8-2-3-9-10(6-8)17-5-4-16-9/h2-3,6-7H,4-5H2,1H3,(H2,13,14)/t7-/m0/s1. The molecule has 1 aromatic rings. The highest BCUT2D eigenvalue weighted by atomic mass is 16.6. The van der Waals surface area contributed by atoms with Gasteiger partial charge in [0.1, 0.15) is 13.2 Å². The lowest BCUT2D eigenvalue weighted by Crippen LogP contribution is -2.30. The highest BCUT2D eigenvalue weighted by Gasteiger charge is 2.19. The minimum absolute atomic E-state index is 0.285. The van der Waals surface area contributed by atoms with Gasteiger partial charge in [-0.1, -0.05) is 0 Å². The lowest BCUT2D eigenvalue weighted by Gasteiger charge is -2.18. The Labute approximate surface area is 104 Å². The Hall–Kier alpha value is -2.24. The van der Waals surface area contributed by atoms with Crippen molar-refractivity contribution in [3.8, 4) is 11.5 Å². The van der Waals surface area contributed by atoms with Crippen molar-refractivity contribution < 1.29 is 23.8 Å². The van der Waals surface area contributed by atoms with Gasteiger partial charge in [-0.2, -0.15) is 0 Å². The Bertz CT molecular complexity index is 485. The van der Waals surface area contributed by atoms with Crippen LogP contribution in [-0.2, 0) is 9.53 Å². The Kier molecular flexibility index (Phi) is 3.36. The molecular formula is C12H13NO5. The highest BCUT2D eigenvalue weighted by Crippen LogP contribution is 2.30. The Morgan fingerprint density at radius 1 is 1.28 bits per heavy atom. The summed E-state index contributed by atoms with van der Waals surface area (Å²) in [4.78, 5) is 22.5. The van der Waals surface area contributed by atoms with Crippen molar-refractivity contribution in [2.45, 2.75) is 13.0 Å². The summed E-state index contributed by atoms with van der Waals surface area (Å²) in [5.74, 6) is -0.248. The molecule has 1 aliphatic heterocycles. The minimum Gasteiger partial charge on any atom is -0.486 e. The van der Waals surface area contributed by atoms with Crippen molar-refractivity contribution >= 4 is 11.9 Å². The van der Waals surface area contributed by atoms with E-state index in [1.165, 1.54) is 13.0 Å². The van der Waals surface area contributed by atoms with Crippen LogP contribution in [0.1, 0.15) is 17.3 Å². The summed E-state index contributed by atoms with van der Waals surface area (Å²) >= 11 is 0. The number of hydrogen-bond donors (Lipinski definition) is 1. The predicted octanol–water partition coefficient (Wildman–Crippen LogP) is 0.488. The number of carbonyl (C=O) groups is 2. The van der Waals surface area contributed by atoms with Gasteiger partial charge in [0.05, 0.1) is 5.56 Å². The average Bonchev–Trinajstić information content (AvgIpc) is 2.37. The molecular weight excluding hydrogens is 238 g/mol. The molecule has 1 aliphatic rings. The van der Waals surface area contributed by atoms with Gasteiger partial charge in [0.15, 0.2) is 17.6 Å². The molecule has 96 valence electrons. The van der Waals surface area contributed by atoms with E-state index in [4.69, 9.17) is 19.9 Å². The van der Waals surface area contributed by atoms with Crippen LogP contribution in [0.2, 0.25) is 0 Å². The highest BCUT2D eigenvalue weighted by molar-refractivity contribution is 5.92. The first-order chi connectivity index (χ1) is 8.58. The van der Waals surface area contributed by atoms with Gasteiger partial charge in [-0.3, -0.25) is 4.79 Å². The van der Waals surface area contributed by atoms with Gasteiger partial charge >= 0.3 is 5.97 Å². The minimum atomic E-state index is -0.967. The zero-order valence-corrected chi connectivity index (χ0v) is 9.84. The van der Waals surface area contributed by atoms with Gasteiger partial charge < -0.3 is 19.9 Å². The molecule has 0 fully saturated rings. The Balaban J connectivity index is 2.13. The van der Waals surface area contributed by atoms with Gasteiger partial charge in [-0.25, -0.2) is 4.79 Å². The van der Waals surface area contributed by atoms with Gasteiger partial charge in [-0.15, -0.1) is 0 Å². The number of carbonyl (C=O) groups excluding carboxylic acids is 2. The summed E-state index contributed by atoms with van der Waals surface area (Å²) in [6, 6.07) is 4.69. The molecule has 0 saturated heterocycles. The molecule has 6 heteroatoms. The molecule has 0 radical (unpaired) electrons. The first kappa shape index (κ1) is 12.2. The van der Waals surface area contributed by atoms with Crippen LogP contribution in [0.15, 0.2) is 18.2 Å². The summed E-state index contributed by atoms with van der Waals surface area (Å²) in [5.41, 5.74) is 5.30. The molecule has 0 unspecified atom stereocenters. The van der Waals surface area contributed by atoms with Gasteiger partial charge in [0.2, 0.25) is 0 Å². The number of amides is 1. The zero-order valence-electron chi connectivity index (χ0n) is 9.84. The van der Waals surface area contributed by atoms with Crippen molar-refractivity contribution in [1.82, 2.24) is 0 Å². The van der Waals surface area contributed by atoms with E-state index >= 15 is 0 Å². The molecule has 6 nitrogen and oxygen atoms in total. The second-order valence-corrected chi connectivity index (χ2v) is 3.81. The predicted molar refractivity (Wildman–Crippen MR) is 61.5 cm³/mol. The number of ether oxygens (including phenoxy) is 3. The topological polar surface area (TPSA) is 87.8 Å². The fourth-order valence-electron chi connectivity index (χ4n) is 1.46. The summed E-state index contributed by atoms with van der Waals surface area (Å²) in [6.07, 6.45) is -0.967. The third-order valence-corrected chi connectivity index (χ3v) is 2.46. The van der Waals surface area contributed by atoms with Crippen LogP contribution in [0.5, 0.6) is 11.5 Å². The molecule has 1 atom stereocenters. The molecule has 2 N–H and O–H groups in total. The largest absolute Gasteiger partial charge is 0.486 e.